The summed E-state index contributed by atoms with van der Waals surface area (Å²) in [5.74, 6) is -1.12. The zero-order chi connectivity index (χ0) is 12.1. The van der Waals surface area contributed by atoms with Crippen LogP contribution in [0, 0.1) is 6.92 Å². The van der Waals surface area contributed by atoms with Gasteiger partial charge in [-0.25, -0.2) is 4.79 Å². The van der Waals surface area contributed by atoms with Crippen molar-refractivity contribution in [1.29, 1.82) is 0 Å². The Morgan fingerprint density at radius 1 is 1.38 bits per heavy atom. The van der Waals surface area contributed by atoms with Crippen LogP contribution in [-0.4, -0.2) is 23.7 Å². The molecule has 0 aliphatic carbocycles. The molecule has 0 saturated carbocycles. The molecule has 1 aromatic carbocycles. The van der Waals surface area contributed by atoms with E-state index in [1.807, 2.05) is 6.07 Å². The molecule has 86 valence electrons. The number of halogens is 1. The van der Waals surface area contributed by atoms with Crippen LogP contribution in [0.3, 0.4) is 0 Å². The first-order chi connectivity index (χ1) is 7.57. The average molecular weight is 241 g/mol. The molecule has 0 radical (unpaired) electrons. The maximum Gasteiger partial charge on any atom is 0.332 e. The summed E-state index contributed by atoms with van der Waals surface area (Å²) >= 11 is 5.74. The zero-order valence-electron chi connectivity index (χ0n) is 9.20. The van der Waals surface area contributed by atoms with E-state index in [-0.39, 0.29) is 6.61 Å². The molecular weight excluding hydrogens is 228 g/mol. The Balaban J connectivity index is 2.86. The number of alkyl halides is 1. The summed E-state index contributed by atoms with van der Waals surface area (Å²) in [6.45, 7) is 3.67. The van der Waals surface area contributed by atoms with Crippen molar-refractivity contribution < 1.29 is 14.3 Å². The number of carbonyl (C=O) groups is 2. The Morgan fingerprint density at radius 2 is 2.00 bits per heavy atom. The highest BCUT2D eigenvalue weighted by molar-refractivity contribution is 6.43. The third kappa shape index (κ3) is 2.83. The fourth-order valence-corrected chi connectivity index (χ4v) is 1.49. The molecule has 1 atom stereocenters. The number of rotatable bonds is 4. The van der Waals surface area contributed by atoms with Crippen molar-refractivity contribution in [1.82, 2.24) is 0 Å². The maximum atomic E-state index is 11.8. The van der Waals surface area contributed by atoms with Crippen molar-refractivity contribution in [3.05, 3.63) is 35.4 Å². The number of hydrogen-bond acceptors (Lipinski definition) is 3. The molecular formula is C12H13ClO3. The van der Waals surface area contributed by atoms with Crippen molar-refractivity contribution in [2.24, 2.45) is 0 Å². The van der Waals surface area contributed by atoms with Gasteiger partial charge in [-0.3, -0.25) is 4.79 Å². The van der Waals surface area contributed by atoms with Gasteiger partial charge in [0.25, 0.3) is 0 Å². The molecule has 0 amide bonds. The molecule has 0 aromatic heterocycles. The Hall–Kier alpha value is -1.35. The Bertz CT molecular complexity index is 401. The summed E-state index contributed by atoms with van der Waals surface area (Å²) in [6.07, 6.45) is 0. The molecule has 1 aromatic rings. The van der Waals surface area contributed by atoms with Crippen molar-refractivity contribution in [2.45, 2.75) is 19.2 Å². The number of benzene rings is 1. The third-order valence-electron chi connectivity index (χ3n) is 2.13. The topological polar surface area (TPSA) is 43.4 Å². The average Bonchev–Trinajstić information content (AvgIpc) is 2.28. The lowest BCUT2D eigenvalue weighted by molar-refractivity contribution is -0.141. The fourth-order valence-electron chi connectivity index (χ4n) is 1.31. The lowest BCUT2D eigenvalue weighted by Crippen LogP contribution is -2.27. The minimum atomic E-state index is -1.26. The van der Waals surface area contributed by atoms with Crippen LogP contribution >= 0.6 is 11.6 Å². The molecule has 1 rings (SSSR count). The first-order valence-electron chi connectivity index (χ1n) is 4.98. The van der Waals surface area contributed by atoms with Gasteiger partial charge in [0.15, 0.2) is 11.2 Å². The number of Topliss-reactive ketones (excluding diaryl/α,β-unsaturated/α-hetero) is 1. The minimum absolute atomic E-state index is 0.211. The second-order valence-corrected chi connectivity index (χ2v) is 3.73. The van der Waals surface area contributed by atoms with Gasteiger partial charge in [0, 0.05) is 5.56 Å². The molecule has 0 heterocycles. The second-order valence-electron chi connectivity index (χ2n) is 3.29. The van der Waals surface area contributed by atoms with Gasteiger partial charge in [-0.2, -0.15) is 0 Å². The van der Waals surface area contributed by atoms with Crippen molar-refractivity contribution in [2.75, 3.05) is 6.61 Å². The zero-order valence-corrected chi connectivity index (χ0v) is 9.95. The van der Waals surface area contributed by atoms with Crippen molar-refractivity contribution in [3.63, 3.8) is 0 Å². The quantitative estimate of drug-likeness (QED) is 0.351. The number of esters is 1. The summed E-state index contributed by atoms with van der Waals surface area (Å²) < 4.78 is 4.69. The van der Waals surface area contributed by atoms with Crippen LogP contribution in [0.4, 0.5) is 0 Å². The van der Waals surface area contributed by atoms with E-state index in [0.717, 1.165) is 5.56 Å². The van der Waals surface area contributed by atoms with Gasteiger partial charge >= 0.3 is 5.97 Å². The summed E-state index contributed by atoms with van der Waals surface area (Å²) in [7, 11) is 0. The standard InChI is InChI=1S/C12H13ClO3/c1-3-16-12(15)10(13)11(14)9-7-5-4-6-8(9)2/h4-7,10H,3H2,1-2H3. The molecule has 4 heteroatoms. The van der Waals surface area contributed by atoms with E-state index in [4.69, 9.17) is 16.3 Å². The molecule has 0 aliphatic heterocycles. The summed E-state index contributed by atoms with van der Waals surface area (Å²) in [4.78, 5) is 23.1. The number of ether oxygens (including phenoxy) is 1. The highest BCUT2D eigenvalue weighted by Gasteiger charge is 2.27. The molecule has 0 N–H and O–H groups in total. The number of hydrogen-bond donors (Lipinski definition) is 0. The summed E-state index contributed by atoms with van der Waals surface area (Å²) in [5, 5.41) is -1.26. The first kappa shape index (κ1) is 12.7. The minimum Gasteiger partial charge on any atom is -0.465 e. The van der Waals surface area contributed by atoms with E-state index in [0.29, 0.717) is 5.56 Å². The van der Waals surface area contributed by atoms with E-state index in [1.165, 1.54) is 0 Å². The van der Waals surface area contributed by atoms with Crippen molar-refractivity contribution >= 4 is 23.4 Å². The van der Waals surface area contributed by atoms with Gasteiger partial charge in [0.2, 0.25) is 0 Å². The van der Waals surface area contributed by atoms with Crippen LogP contribution in [0.1, 0.15) is 22.8 Å². The third-order valence-corrected chi connectivity index (χ3v) is 2.51. The lowest BCUT2D eigenvalue weighted by Gasteiger charge is -2.09. The van der Waals surface area contributed by atoms with Gasteiger partial charge in [-0.05, 0) is 19.4 Å². The fraction of sp³-hybridized carbons (Fsp3) is 0.333. The number of aryl methyl sites for hydroxylation is 1. The Morgan fingerprint density at radius 3 is 2.56 bits per heavy atom. The van der Waals surface area contributed by atoms with Crippen LogP contribution in [-0.2, 0) is 9.53 Å². The summed E-state index contributed by atoms with van der Waals surface area (Å²) in [5.41, 5.74) is 1.25. The molecule has 3 nitrogen and oxygen atoms in total. The van der Waals surface area contributed by atoms with Gasteiger partial charge in [0.05, 0.1) is 6.61 Å². The predicted octanol–water partition coefficient (Wildman–Crippen LogP) is 2.35. The summed E-state index contributed by atoms with van der Waals surface area (Å²) in [6, 6.07) is 6.99. The molecule has 0 fully saturated rings. The molecule has 0 aliphatic rings. The molecule has 0 saturated heterocycles. The van der Waals surface area contributed by atoms with E-state index in [2.05, 4.69) is 0 Å². The van der Waals surface area contributed by atoms with E-state index in [1.54, 1.807) is 32.0 Å². The Kier molecular flexibility index (Phi) is 4.50. The van der Waals surface area contributed by atoms with Crippen LogP contribution in [0.15, 0.2) is 24.3 Å². The lowest BCUT2D eigenvalue weighted by atomic mass is 10.0. The highest BCUT2D eigenvalue weighted by Crippen LogP contribution is 2.14. The van der Waals surface area contributed by atoms with E-state index in [9.17, 15) is 9.59 Å². The van der Waals surface area contributed by atoms with Crippen LogP contribution in [0.25, 0.3) is 0 Å². The number of ketones is 1. The van der Waals surface area contributed by atoms with Crippen molar-refractivity contribution in [3.8, 4) is 0 Å². The normalized spacial score (nSPS) is 11.9. The van der Waals surface area contributed by atoms with Gasteiger partial charge < -0.3 is 4.74 Å². The molecule has 16 heavy (non-hydrogen) atoms. The smallest absolute Gasteiger partial charge is 0.332 e. The monoisotopic (exact) mass is 240 g/mol. The van der Waals surface area contributed by atoms with E-state index >= 15 is 0 Å². The maximum absolute atomic E-state index is 11.8. The first-order valence-corrected chi connectivity index (χ1v) is 5.42. The van der Waals surface area contributed by atoms with Crippen LogP contribution < -0.4 is 0 Å². The molecule has 0 bridgehead atoms. The predicted molar refractivity (Wildman–Crippen MR) is 61.8 cm³/mol. The number of carbonyl (C=O) groups excluding carboxylic acids is 2. The largest absolute Gasteiger partial charge is 0.465 e. The molecule has 1 unspecified atom stereocenters. The van der Waals surface area contributed by atoms with Gasteiger partial charge in [0.1, 0.15) is 0 Å². The van der Waals surface area contributed by atoms with Crippen LogP contribution in [0.5, 0.6) is 0 Å². The Labute approximate surface area is 99.4 Å². The van der Waals surface area contributed by atoms with E-state index < -0.39 is 17.1 Å². The second kappa shape index (κ2) is 5.66. The molecule has 0 spiro atoms. The van der Waals surface area contributed by atoms with Gasteiger partial charge in [-0.15, -0.1) is 11.6 Å². The van der Waals surface area contributed by atoms with Gasteiger partial charge in [-0.1, -0.05) is 24.3 Å². The van der Waals surface area contributed by atoms with Crippen LogP contribution in [0.2, 0.25) is 0 Å². The SMILES string of the molecule is CCOC(=O)C(Cl)C(=O)c1ccccc1C. The highest BCUT2D eigenvalue weighted by atomic mass is 35.5.